The second-order valence-corrected chi connectivity index (χ2v) is 14.4. The number of hydrogen-bond acceptors (Lipinski definition) is 7. The standard InChI is InChI=1S/C39H72NO8P/c1-3-5-7-9-11-13-14-15-16-17-18-19-20-21-22-24-25-27-29-31-38(42)40-33-34-47-49(44,45)48-36-37(41)35-46-39(43)32-30-28-26-23-12-10-8-6-4-2/h11,13,15-16,18-19,37,41H,3-10,12,14,17,20-36H2,1-2H3,(H,40,42)(H,44,45)/b13-11-,16-15-,19-18-. The number of phosphoric acid groups is 1. The molecule has 0 aliphatic heterocycles. The summed E-state index contributed by atoms with van der Waals surface area (Å²) in [6.07, 6.45) is 37.9. The monoisotopic (exact) mass is 713 g/mol. The van der Waals surface area contributed by atoms with E-state index >= 15 is 0 Å². The van der Waals surface area contributed by atoms with Gasteiger partial charge in [0, 0.05) is 19.4 Å². The van der Waals surface area contributed by atoms with Gasteiger partial charge in [-0.3, -0.25) is 18.6 Å². The van der Waals surface area contributed by atoms with Crippen LogP contribution >= 0.6 is 7.82 Å². The van der Waals surface area contributed by atoms with E-state index in [1.165, 1.54) is 77.0 Å². The molecule has 0 aromatic heterocycles. The van der Waals surface area contributed by atoms with Crippen LogP contribution in [0.15, 0.2) is 36.5 Å². The lowest BCUT2D eigenvalue weighted by Crippen LogP contribution is -2.27. The molecular weight excluding hydrogens is 641 g/mol. The Balaban J connectivity index is 3.63. The van der Waals surface area contributed by atoms with Crippen LogP contribution in [0.4, 0.5) is 0 Å². The normalized spacial score (nSPS) is 13.8. The summed E-state index contributed by atoms with van der Waals surface area (Å²) in [5, 5.41) is 12.6. The first kappa shape index (κ1) is 47.2. The molecular formula is C39H72NO8P. The fraction of sp³-hybridized carbons (Fsp3) is 0.795. The van der Waals surface area contributed by atoms with E-state index in [9.17, 15) is 24.2 Å². The minimum Gasteiger partial charge on any atom is -0.463 e. The number of phosphoric ester groups is 1. The van der Waals surface area contributed by atoms with Gasteiger partial charge in [0.15, 0.2) is 0 Å². The minimum absolute atomic E-state index is 0.0747. The number of hydrogen-bond donors (Lipinski definition) is 3. The van der Waals surface area contributed by atoms with Crippen LogP contribution in [0.25, 0.3) is 0 Å². The van der Waals surface area contributed by atoms with E-state index in [0.29, 0.717) is 6.42 Å². The number of allylic oxidation sites excluding steroid dienone is 6. The van der Waals surface area contributed by atoms with Crippen LogP contribution in [0.5, 0.6) is 0 Å². The average Bonchev–Trinajstić information content (AvgIpc) is 3.08. The molecule has 0 aliphatic rings. The second-order valence-electron chi connectivity index (χ2n) is 12.9. The summed E-state index contributed by atoms with van der Waals surface area (Å²) in [4.78, 5) is 33.7. The molecule has 0 aliphatic carbocycles. The van der Waals surface area contributed by atoms with Crippen molar-refractivity contribution in [1.82, 2.24) is 5.32 Å². The number of amides is 1. The van der Waals surface area contributed by atoms with Crippen molar-refractivity contribution in [3.63, 3.8) is 0 Å². The van der Waals surface area contributed by atoms with Crippen LogP contribution in [0.2, 0.25) is 0 Å². The number of unbranched alkanes of at least 4 members (excludes halogenated alkanes) is 17. The Labute approximate surface area is 299 Å². The molecule has 0 saturated heterocycles. The maximum atomic E-state index is 12.0. The van der Waals surface area contributed by atoms with Crippen LogP contribution in [0, 0.1) is 0 Å². The quantitative estimate of drug-likeness (QED) is 0.0253. The Bertz CT molecular complexity index is 907. The molecule has 0 saturated carbocycles. The third-order valence-electron chi connectivity index (χ3n) is 8.07. The zero-order chi connectivity index (χ0) is 36.1. The maximum absolute atomic E-state index is 12.0. The summed E-state index contributed by atoms with van der Waals surface area (Å²) in [6, 6.07) is 0. The van der Waals surface area contributed by atoms with Gasteiger partial charge in [-0.25, -0.2) is 4.57 Å². The summed E-state index contributed by atoms with van der Waals surface area (Å²) in [5.74, 6) is -0.532. The molecule has 0 aromatic carbocycles. The maximum Gasteiger partial charge on any atom is 0.472 e. The molecule has 2 atom stereocenters. The van der Waals surface area contributed by atoms with Crippen LogP contribution in [-0.4, -0.2) is 54.3 Å². The number of esters is 1. The number of carbonyl (C=O) groups is 2. The van der Waals surface area contributed by atoms with Crippen molar-refractivity contribution in [3.8, 4) is 0 Å². The van der Waals surface area contributed by atoms with Gasteiger partial charge >= 0.3 is 13.8 Å². The van der Waals surface area contributed by atoms with Crippen molar-refractivity contribution >= 4 is 19.7 Å². The van der Waals surface area contributed by atoms with E-state index in [-0.39, 0.29) is 32.1 Å². The third kappa shape index (κ3) is 37.3. The first-order chi connectivity index (χ1) is 23.8. The number of aliphatic hydroxyl groups excluding tert-OH is 1. The lowest BCUT2D eigenvalue weighted by atomic mass is 10.1. The molecule has 0 fully saturated rings. The summed E-state index contributed by atoms with van der Waals surface area (Å²) in [6.45, 7) is 3.47. The number of carbonyl (C=O) groups excluding carboxylic acids is 2. The number of nitrogens with one attached hydrogen (secondary N) is 1. The Kier molecular flexibility index (Phi) is 34.7. The van der Waals surface area contributed by atoms with E-state index < -0.39 is 26.5 Å². The largest absolute Gasteiger partial charge is 0.472 e. The number of aliphatic hydroxyl groups is 1. The van der Waals surface area contributed by atoms with Crippen LogP contribution in [0.1, 0.15) is 168 Å². The van der Waals surface area contributed by atoms with Crippen molar-refractivity contribution in [2.45, 2.75) is 174 Å². The molecule has 9 nitrogen and oxygen atoms in total. The average molecular weight is 714 g/mol. The smallest absolute Gasteiger partial charge is 0.463 e. The van der Waals surface area contributed by atoms with Gasteiger partial charge in [-0.05, 0) is 51.4 Å². The molecule has 0 aromatic rings. The molecule has 286 valence electrons. The summed E-state index contributed by atoms with van der Waals surface area (Å²) >= 11 is 0. The predicted molar refractivity (Wildman–Crippen MR) is 201 cm³/mol. The number of ether oxygens (including phenoxy) is 1. The molecule has 10 heteroatoms. The highest BCUT2D eigenvalue weighted by molar-refractivity contribution is 7.47. The topological polar surface area (TPSA) is 131 Å². The fourth-order valence-electron chi connectivity index (χ4n) is 5.09. The Hall–Kier alpha value is -1.77. The SMILES string of the molecule is CCCCC/C=C\C/C=C\C/C=C\CCCCCCCCC(=O)NCCOP(=O)(O)OCC(O)COC(=O)CCCCCCCCCCC. The molecule has 3 N–H and O–H groups in total. The summed E-state index contributed by atoms with van der Waals surface area (Å²) < 4.78 is 26.7. The van der Waals surface area contributed by atoms with E-state index in [0.717, 1.165) is 64.2 Å². The summed E-state index contributed by atoms with van der Waals surface area (Å²) in [5.41, 5.74) is 0. The van der Waals surface area contributed by atoms with Crippen LogP contribution in [0.3, 0.4) is 0 Å². The molecule has 0 heterocycles. The predicted octanol–water partition coefficient (Wildman–Crippen LogP) is 10.2. The van der Waals surface area contributed by atoms with Gasteiger partial charge in [-0.2, -0.15) is 0 Å². The third-order valence-corrected chi connectivity index (χ3v) is 9.06. The van der Waals surface area contributed by atoms with Crippen molar-refractivity contribution in [1.29, 1.82) is 0 Å². The van der Waals surface area contributed by atoms with Crippen molar-refractivity contribution in [2.24, 2.45) is 0 Å². The first-order valence-corrected chi connectivity index (χ1v) is 21.0. The van der Waals surface area contributed by atoms with E-state index in [1.54, 1.807) is 0 Å². The zero-order valence-electron chi connectivity index (χ0n) is 31.1. The Morgan fingerprint density at radius 3 is 1.69 bits per heavy atom. The van der Waals surface area contributed by atoms with Gasteiger partial charge in [0.25, 0.3) is 0 Å². The van der Waals surface area contributed by atoms with E-state index in [4.69, 9.17) is 13.8 Å². The van der Waals surface area contributed by atoms with E-state index in [1.807, 2.05) is 0 Å². The van der Waals surface area contributed by atoms with Gasteiger partial charge in [0.1, 0.15) is 12.7 Å². The first-order valence-electron chi connectivity index (χ1n) is 19.5. The highest BCUT2D eigenvalue weighted by Gasteiger charge is 2.23. The molecule has 0 rings (SSSR count). The minimum atomic E-state index is -4.41. The van der Waals surface area contributed by atoms with Crippen molar-refractivity contribution in [2.75, 3.05) is 26.4 Å². The zero-order valence-corrected chi connectivity index (χ0v) is 32.0. The molecule has 1 amide bonds. The van der Waals surface area contributed by atoms with Gasteiger partial charge in [-0.1, -0.05) is 140 Å². The Morgan fingerprint density at radius 1 is 0.633 bits per heavy atom. The van der Waals surface area contributed by atoms with Gasteiger partial charge < -0.3 is 20.1 Å². The molecule has 0 radical (unpaired) electrons. The summed E-state index contributed by atoms with van der Waals surface area (Å²) in [7, 11) is -4.41. The van der Waals surface area contributed by atoms with Crippen LogP contribution in [-0.2, 0) is 27.9 Å². The second kappa shape index (κ2) is 36.0. The highest BCUT2D eigenvalue weighted by Crippen LogP contribution is 2.42. The van der Waals surface area contributed by atoms with Crippen molar-refractivity contribution < 1.29 is 37.9 Å². The van der Waals surface area contributed by atoms with Crippen molar-refractivity contribution in [3.05, 3.63) is 36.5 Å². The molecule has 0 bridgehead atoms. The van der Waals surface area contributed by atoms with Gasteiger partial charge in [0.05, 0.1) is 13.2 Å². The number of rotatable bonds is 36. The van der Waals surface area contributed by atoms with E-state index in [2.05, 4.69) is 55.6 Å². The van der Waals surface area contributed by atoms with Crippen LogP contribution < -0.4 is 5.32 Å². The highest BCUT2D eigenvalue weighted by atomic mass is 31.2. The molecule has 49 heavy (non-hydrogen) atoms. The molecule has 0 spiro atoms. The lowest BCUT2D eigenvalue weighted by Gasteiger charge is -2.15. The Morgan fingerprint density at radius 2 is 1.10 bits per heavy atom. The lowest BCUT2D eigenvalue weighted by molar-refractivity contribution is -0.147. The van der Waals surface area contributed by atoms with Gasteiger partial charge in [0.2, 0.25) is 5.91 Å². The molecule has 2 unspecified atom stereocenters. The van der Waals surface area contributed by atoms with Gasteiger partial charge in [-0.15, -0.1) is 0 Å². The fourth-order valence-corrected chi connectivity index (χ4v) is 5.85.